The van der Waals surface area contributed by atoms with Crippen LogP contribution in [0.25, 0.3) is 0 Å². The lowest BCUT2D eigenvalue weighted by Crippen LogP contribution is -2.05. The van der Waals surface area contributed by atoms with Gasteiger partial charge in [-0.3, -0.25) is 0 Å². The van der Waals surface area contributed by atoms with Crippen LogP contribution in [0.3, 0.4) is 0 Å². The van der Waals surface area contributed by atoms with E-state index in [0.29, 0.717) is 6.10 Å². The van der Waals surface area contributed by atoms with Crippen LogP contribution in [0.5, 0.6) is 0 Å². The summed E-state index contributed by atoms with van der Waals surface area (Å²) in [7, 11) is 0. The molecule has 1 aliphatic rings. The molecule has 11 heavy (non-hydrogen) atoms. The van der Waals surface area contributed by atoms with Crippen molar-refractivity contribution in [3.63, 3.8) is 0 Å². The van der Waals surface area contributed by atoms with E-state index >= 15 is 0 Å². The van der Waals surface area contributed by atoms with Crippen molar-refractivity contribution < 1.29 is 3.07 Å². The number of hydrogen-bond acceptors (Lipinski definition) is 1. The number of halogens is 1. The maximum absolute atomic E-state index is 5.26. The van der Waals surface area contributed by atoms with Crippen molar-refractivity contribution >= 4 is 23.0 Å². The minimum atomic E-state index is 0.410. The van der Waals surface area contributed by atoms with E-state index in [4.69, 9.17) is 3.07 Å². The Morgan fingerprint density at radius 2 is 1.73 bits per heavy atom. The Bertz CT molecular complexity index is 234. The van der Waals surface area contributed by atoms with Crippen molar-refractivity contribution in [3.05, 3.63) is 35.4 Å². The number of fused-ring (bicyclic) bond motifs is 1. The summed E-state index contributed by atoms with van der Waals surface area (Å²) < 4.78 is 5.26. The largest absolute Gasteiger partial charge is 0.312 e. The third kappa shape index (κ3) is 1.42. The predicted molar refractivity (Wildman–Crippen MR) is 52.7 cm³/mol. The van der Waals surface area contributed by atoms with Crippen molar-refractivity contribution in [2.75, 3.05) is 0 Å². The van der Waals surface area contributed by atoms with Crippen molar-refractivity contribution in [1.82, 2.24) is 0 Å². The first-order chi connectivity index (χ1) is 5.40. The molecule has 0 radical (unpaired) electrons. The van der Waals surface area contributed by atoms with Crippen LogP contribution in [0.1, 0.15) is 11.1 Å². The second-order valence-electron chi connectivity index (χ2n) is 2.89. The summed E-state index contributed by atoms with van der Waals surface area (Å²) in [6.07, 6.45) is 2.58. The first-order valence-corrected chi connectivity index (χ1v) is 4.62. The highest BCUT2D eigenvalue weighted by Gasteiger charge is 2.20. The van der Waals surface area contributed by atoms with Gasteiger partial charge in [-0.2, -0.15) is 0 Å². The average Bonchev–Trinajstić information content (AvgIpc) is 2.46. The molecule has 0 aliphatic heterocycles. The average molecular weight is 260 g/mol. The fourth-order valence-corrected chi connectivity index (χ4v) is 1.94. The van der Waals surface area contributed by atoms with E-state index in [-0.39, 0.29) is 0 Å². The van der Waals surface area contributed by atoms with Gasteiger partial charge in [0, 0.05) is 12.8 Å². The normalized spacial score (nSPS) is 16.8. The molecule has 0 bridgehead atoms. The molecule has 0 saturated heterocycles. The Kier molecular flexibility index (Phi) is 2.13. The third-order valence-electron chi connectivity index (χ3n) is 2.14. The van der Waals surface area contributed by atoms with Gasteiger partial charge >= 0.3 is 0 Å². The molecule has 0 spiro atoms. The molecule has 58 valence electrons. The molecule has 0 aromatic heterocycles. The number of rotatable bonds is 1. The highest BCUT2D eigenvalue weighted by atomic mass is 127. The molecular formula is C9H9IO. The van der Waals surface area contributed by atoms with Crippen LogP contribution in [0.2, 0.25) is 0 Å². The van der Waals surface area contributed by atoms with Gasteiger partial charge in [-0.05, 0) is 11.1 Å². The number of hydrogen-bond donors (Lipinski definition) is 0. The molecule has 0 unspecified atom stereocenters. The third-order valence-corrected chi connectivity index (χ3v) is 2.86. The van der Waals surface area contributed by atoms with Crippen LogP contribution < -0.4 is 0 Å². The van der Waals surface area contributed by atoms with Crippen molar-refractivity contribution in [1.29, 1.82) is 0 Å². The molecule has 0 saturated carbocycles. The standard InChI is InChI=1S/C9H9IO/c10-11-9-5-7-3-1-2-4-8(7)6-9/h1-4,9H,5-6H2. The van der Waals surface area contributed by atoms with Crippen molar-refractivity contribution in [2.45, 2.75) is 18.9 Å². The van der Waals surface area contributed by atoms with Gasteiger partial charge in [-0.15, -0.1) is 0 Å². The summed E-state index contributed by atoms with van der Waals surface area (Å²) in [6.45, 7) is 0. The summed E-state index contributed by atoms with van der Waals surface area (Å²) in [4.78, 5) is 0. The molecule has 0 amide bonds. The van der Waals surface area contributed by atoms with Gasteiger partial charge in [-0.1, -0.05) is 24.3 Å². The van der Waals surface area contributed by atoms with Crippen molar-refractivity contribution in [3.8, 4) is 0 Å². The molecule has 0 N–H and O–H groups in total. The Morgan fingerprint density at radius 1 is 1.18 bits per heavy atom. The van der Waals surface area contributed by atoms with E-state index in [2.05, 4.69) is 24.3 Å². The molecule has 2 rings (SSSR count). The van der Waals surface area contributed by atoms with Gasteiger partial charge in [0.05, 0.1) is 6.10 Å². The highest BCUT2D eigenvalue weighted by molar-refractivity contribution is 14.1. The smallest absolute Gasteiger partial charge is 0.110 e. The second-order valence-corrected chi connectivity index (χ2v) is 3.40. The zero-order valence-electron chi connectivity index (χ0n) is 6.09. The Labute approximate surface area is 80.4 Å². The van der Waals surface area contributed by atoms with Crippen LogP contribution >= 0.6 is 23.0 Å². The van der Waals surface area contributed by atoms with Gasteiger partial charge in [0.15, 0.2) is 0 Å². The Morgan fingerprint density at radius 3 is 2.18 bits per heavy atom. The van der Waals surface area contributed by atoms with Gasteiger partial charge in [0.2, 0.25) is 0 Å². The second kappa shape index (κ2) is 3.11. The molecule has 0 heterocycles. The minimum Gasteiger partial charge on any atom is -0.312 e. The SMILES string of the molecule is IOC1Cc2ccccc2C1. The van der Waals surface area contributed by atoms with E-state index < -0.39 is 0 Å². The van der Waals surface area contributed by atoms with E-state index in [9.17, 15) is 0 Å². The molecule has 1 aromatic carbocycles. The molecular weight excluding hydrogens is 251 g/mol. The number of benzene rings is 1. The van der Waals surface area contributed by atoms with E-state index in [0.717, 1.165) is 12.8 Å². The van der Waals surface area contributed by atoms with Crippen LogP contribution in [0, 0.1) is 0 Å². The van der Waals surface area contributed by atoms with Gasteiger partial charge in [0.25, 0.3) is 0 Å². The lowest BCUT2D eigenvalue weighted by atomic mass is 10.1. The van der Waals surface area contributed by atoms with E-state index in [1.54, 1.807) is 0 Å². The minimum absolute atomic E-state index is 0.410. The lowest BCUT2D eigenvalue weighted by molar-refractivity contribution is 0.297. The summed E-state index contributed by atoms with van der Waals surface area (Å²) in [6, 6.07) is 8.55. The fraction of sp³-hybridized carbons (Fsp3) is 0.333. The highest BCUT2D eigenvalue weighted by Crippen LogP contribution is 2.24. The molecule has 1 aromatic rings. The summed E-state index contributed by atoms with van der Waals surface area (Å²) in [5.74, 6) is 0. The first-order valence-electron chi connectivity index (χ1n) is 3.74. The Hall–Kier alpha value is -0.0900. The molecule has 2 heteroatoms. The predicted octanol–water partition coefficient (Wildman–Crippen LogP) is 2.52. The van der Waals surface area contributed by atoms with Crippen LogP contribution in [-0.4, -0.2) is 6.10 Å². The van der Waals surface area contributed by atoms with Crippen molar-refractivity contribution in [2.24, 2.45) is 0 Å². The van der Waals surface area contributed by atoms with E-state index in [1.807, 2.05) is 23.0 Å². The van der Waals surface area contributed by atoms with Crippen LogP contribution in [0.15, 0.2) is 24.3 Å². The monoisotopic (exact) mass is 260 g/mol. The lowest BCUT2D eigenvalue weighted by Gasteiger charge is -2.00. The van der Waals surface area contributed by atoms with Gasteiger partial charge in [0.1, 0.15) is 23.0 Å². The van der Waals surface area contributed by atoms with Crippen LogP contribution in [-0.2, 0) is 15.9 Å². The molecule has 1 nitrogen and oxygen atoms in total. The maximum atomic E-state index is 5.26. The van der Waals surface area contributed by atoms with Crippen LogP contribution in [0.4, 0.5) is 0 Å². The maximum Gasteiger partial charge on any atom is 0.110 e. The fourth-order valence-electron chi connectivity index (χ4n) is 1.58. The Balaban J connectivity index is 2.27. The zero-order chi connectivity index (χ0) is 7.68. The summed E-state index contributed by atoms with van der Waals surface area (Å²) in [5, 5.41) is 0. The topological polar surface area (TPSA) is 9.23 Å². The quantitative estimate of drug-likeness (QED) is 0.705. The molecule has 0 fully saturated rings. The molecule has 1 aliphatic carbocycles. The van der Waals surface area contributed by atoms with Gasteiger partial charge in [-0.25, -0.2) is 0 Å². The first kappa shape index (κ1) is 7.55. The molecule has 0 atom stereocenters. The summed E-state index contributed by atoms with van der Waals surface area (Å²) >= 11 is 1.99. The summed E-state index contributed by atoms with van der Waals surface area (Å²) in [5.41, 5.74) is 2.91. The zero-order valence-corrected chi connectivity index (χ0v) is 8.24. The van der Waals surface area contributed by atoms with Gasteiger partial charge < -0.3 is 3.07 Å². The van der Waals surface area contributed by atoms with E-state index in [1.165, 1.54) is 11.1 Å².